The van der Waals surface area contributed by atoms with Crippen LogP contribution in [0.15, 0.2) is 12.3 Å². The van der Waals surface area contributed by atoms with Gasteiger partial charge in [0.05, 0.1) is 11.9 Å². The lowest BCUT2D eigenvalue weighted by molar-refractivity contribution is 0.128. The van der Waals surface area contributed by atoms with Gasteiger partial charge >= 0.3 is 0 Å². The Morgan fingerprint density at radius 1 is 1.17 bits per heavy atom. The summed E-state index contributed by atoms with van der Waals surface area (Å²) in [6.07, 6.45) is 1.75. The maximum absolute atomic E-state index is 5.75. The van der Waals surface area contributed by atoms with Gasteiger partial charge in [-0.2, -0.15) is 0 Å². The van der Waals surface area contributed by atoms with Crippen molar-refractivity contribution in [1.29, 1.82) is 0 Å². The first-order valence-corrected chi connectivity index (χ1v) is 6.60. The second kappa shape index (κ2) is 4.76. The number of aryl methyl sites for hydroxylation is 1. The number of piperazine rings is 1. The number of nitrogens with two attached hydrogens (primary N) is 1. The molecule has 0 spiro atoms. The highest BCUT2D eigenvalue weighted by molar-refractivity contribution is 5.52. The number of aromatic nitrogens is 1. The Morgan fingerprint density at radius 2 is 1.78 bits per heavy atom. The minimum Gasteiger partial charge on any atom is -0.397 e. The molecule has 4 nitrogen and oxygen atoms in total. The molecule has 0 aliphatic carbocycles. The van der Waals surface area contributed by atoms with E-state index < -0.39 is 0 Å². The quantitative estimate of drug-likeness (QED) is 0.824. The molecule has 0 unspecified atom stereocenters. The van der Waals surface area contributed by atoms with Crippen LogP contribution in [0.3, 0.4) is 0 Å². The molecule has 2 heterocycles. The van der Waals surface area contributed by atoms with Gasteiger partial charge in [-0.15, -0.1) is 0 Å². The molecule has 0 amide bonds. The summed E-state index contributed by atoms with van der Waals surface area (Å²) < 4.78 is 0. The average molecular weight is 248 g/mol. The van der Waals surface area contributed by atoms with Crippen LogP contribution < -0.4 is 10.6 Å². The Hall–Kier alpha value is -1.29. The molecular weight excluding hydrogens is 224 g/mol. The van der Waals surface area contributed by atoms with E-state index in [9.17, 15) is 0 Å². The van der Waals surface area contributed by atoms with Crippen molar-refractivity contribution in [2.45, 2.75) is 33.2 Å². The number of anilines is 2. The van der Waals surface area contributed by atoms with E-state index in [4.69, 9.17) is 5.73 Å². The summed E-state index contributed by atoms with van der Waals surface area (Å²) in [4.78, 5) is 9.35. The molecule has 1 aliphatic heterocycles. The minimum atomic E-state index is 0.260. The lowest BCUT2D eigenvalue weighted by Gasteiger charge is -2.42. The summed E-state index contributed by atoms with van der Waals surface area (Å²) in [5.41, 5.74) is 7.91. The third-order valence-electron chi connectivity index (χ3n) is 3.60. The Labute approximate surface area is 110 Å². The van der Waals surface area contributed by atoms with Crippen LogP contribution in [0, 0.1) is 6.92 Å². The zero-order valence-corrected chi connectivity index (χ0v) is 11.9. The molecule has 0 bridgehead atoms. The molecule has 0 radical (unpaired) electrons. The highest BCUT2D eigenvalue weighted by Gasteiger charge is 2.26. The summed E-state index contributed by atoms with van der Waals surface area (Å²) >= 11 is 0. The van der Waals surface area contributed by atoms with Crippen molar-refractivity contribution in [3.63, 3.8) is 0 Å². The predicted molar refractivity (Wildman–Crippen MR) is 76.9 cm³/mol. The molecule has 0 atom stereocenters. The van der Waals surface area contributed by atoms with Crippen LogP contribution in [0.5, 0.6) is 0 Å². The molecule has 100 valence electrons. The fraction of sp³-hybridized carbons (Fsp3) is 0.643. The third kappa shape index (κ3) is 2.75. The van der Waals surface area contributed by atoms with Gasteiger partial charge in [0.25, 0.3) is 0 Å². The third-order valence-corrected chi connectivity index (χ3v) is 3.60. The highest BCUT2D eigenvalue weighted by Crippen LogP contribution is 2.22. The number of nitrogens with zero attached hydrogens (tertiary/aromatic N) is 3. The maximum Gasteiger partial charge on any atom is 0.131 e. The van der Waals surface area contributed by atoms with Crippen LogP contribution in [0.2, 0.25) is 0 Å². The molecule has 18 heavy (non-hydrogen) atoms. The molecular formula is C14H24N4. The number of hydrogen-bond donors (Lipinski definition) is 1. The Morgan fingerprint density at radius 3 is 2.28 bits per heavy atom. The number of nitrogen functional groups attached to an aromatic ring is 1. The van der Waals surface area contributed by atoms with Crippen molar-refractivity contribution in [1.82, 2.24) is 9.88 Å². The molecule has 2 rings (SSSR count). The van der Waals surface area contributed by atoms with Gasteiger partial charge in [-0.1, -0.05) is 0 Å². The average Bonchev–Trinajstić information content (AvgIpc) is 2.28. The first kappa shape index (κ1) is 13.1. The predicted octanol–water partition coefficient (Wildman–Crippen LogP) is 1.89. The smallest absolute Gasteiger partial charge is 0.131 e. The molecule has 1 aliphatic rings. The van der Waals surface area contributed by atoms with E-state index in [1.165, 1.54) is 5.56 Å². The Balaban J connectivity index is 2.06. The van der Waals surface area contributed by atoms with Crippen molar-refractivity contribution < 1.29 is 0 Å². The maximum atomic E-state index is 5.75. The SMILES string of the molecule is Cc1cc(N)cnc1N1CCN(C(C)(C)C)CC1. The Bertz CT molecular complexity index is 414. The summed E-state index contributed by atoms with van der Waals surface area (Å²) in [5.74, 6) is 1.08. The van der Waals surface area contributed by atoms with Gasteiger partial charge in [-0.05, 0) is 39.3 Å². The van der Waals surface area contributed by atoms with Crippen molar-refractivity contribution in [3.8, 4) is 0 Å². The zero-order valence-electron chi connectivity index (χ0n) is 11.9. The molecule has 0 aromatic carbocycles. The lowest BCUT2D eigenvalue weighted by atomic mass is 10.0. The van der Waals surface area contributed by atoms with Crippen molar-refractivity contribution in [2.75, 3.05) is 36.8 Å². The summed E-state index contributed by atoms with van der Waals surface area (Å²) in [7, 11) is 0. The van der Waals surface area contributed by atoms with E-state index in [1.807, 2.05) is 6.07 Å². The van der Waals surface area contributed by atoms with Gasteiger partial charge in [-0.3, -0.25) is 4.90 Å². The minimum absolute atomic E-state index is 0.260. The summed E-state index contributed by atoms with van der Waals surface area (Å²) in [6, 6.07) is 2.00. The zero-order chi connectivity index (χ0) is 13.3. The van der Waals surface area contributed by atoms with E-state index in [2.05, 4.69) is 42.5 Å². The van der Waals surface area contributed by atoms with Gasteiger partial charge in [0.2, 0.25) is 0 Å². The molecule has 2 N–H and O–H groups in total. The molecule has 1 aromatic heterocycles. The van der Waals surface area contributed by atoms with Crippen LogP contribution in [-0.2, 0) is 0 Å². The first-order chi connectivity index (χ1) is 8.38. The number of rotatable bonds is 1. The number of pyridine rings is 1. The normalized spacial score (nSPS) is 18.1. The molecule has 0 saturated carbocycles. The van der Waals surface area contributed by atoms with Crippen LogP contribution in [-0.4, -0.2) is 41.6 Å². The fourth-order valence-electron chi connectivity index (χ4n) is 2.51. The van der Waals surface area contributed by atoms with Crippen molar-refractivity contribution in [2.24, 2.45) is 0 Å². The van der Waals surface area contributed by atoms with E-state index in [1.54, 1.807) is 6.20 Å². The van der Waals surface area contributed by atoms with Gasteiger partial charge in [0.1, 0.15) is 5.82 Å². The summed E-state index contributed by atoms with van der Waals surface area (Å²) in [5, 5.41) is 0. The highest BCUT2D eigenvalue weighted by atomic mass is 15.3. The second-order valence-electron chi connectivity index (χ2n) is 6.05. The van der Waals surface area contributed by atoms with Crippen LogP contribution in [0.4, 0.5) is 11.5 Å². The van der Waals surface area contributed by atoms with Crippen LogP contribution >= 0.6 is 0 Å². The van der Waals surface area contributed by atoms with Crippen LogP contribution in [0.1, 0.15) is 26.3 Å². The second-order valence-corrected chi connectivity index (χ2v) is 6.05. The van der Waals surface area contributed by atoms with Gasteiger partial charge in [0.15, 0.2) is 0 Å². The largest absolute Gasteiger partial charge is 0.397 e. The van der Waals surface area contributed by atoms with E-state index in [0.717, 1.165) is 37.7 Å². The fourth-order valence-corrected chi connectivity index (χ4v) is 2.51. The van der Waals surface area contributed by atoms with Gasteiger partial charge in [-0.25, -0.2) is 4.98 Å². The van der Waals surface area contributed by atoms with Crippen LogP contribution in [0.25, 0.3) is 0 Å². The molecule has 1 fully saturated rings. The first-order valence-electron chi connectivity index (χ1n) is 6.60. The standard InChI is InChI=1S/C14H24N4/c1-11-9-12(15)10-16-13(11)17-5-7-18(8-6-17)14(2,3)4/h9-10H,5-8,15H2,1-4H3. The van der Waals surface area contributed by atoms with E-state index in [-0.39, 0.29) is 5.54 Å². The monoisotopic (exact) mass is 248 g/mol. The molecule has 1 saturated heterocycles. The Kier molecular flexibility index (Phi) is 3.48. The molecule has 1 aromatic rings. The van der Waals surface area contributed by atoms with Gasteiger partial charge < -0.3 is 10.6 Å². The van der Waals surface area contributed by atoms with E-state index >= 15 is 0 Å². The van der Waals surface area contributed by atoms with Crippen molar-refractivity contribution >= 4 is 11.5 Å². The number of hydrogen-bond acceptors (Lipinski definition) is 4. The van der Waals surface area contributed by atoms with Crippen molar-refractivity contribution in [3.05, 3.63) is 17.8 Å². The topological polar surface area (TPSA) is 45.4 Å². The molecule has 4 heteroatoms. The summed E-state index contributed by atoms with van der Waals surface area (Å²) in [6.45, 7) is 13.2. The van der Waals surface area contributed by atoms with Gasteiger partial charge in [0, 0.05) is 31.7 Å². The van der Waals surface area contributed by atoms with E-state index in [0.29, 0.717) is 0 Å². The lowest BCUT2D eigenvalue weighted by Crippen LogP contribution is -2.53.